The minimum Gasteiger partial charge on any atom is -0.339 e. The van der Waals surface area contributed by atoms with Gasteiger partial charge in [0, 0.05) is 38.3 Å². The van der Waals surface area contributed by atoms with E-state index in [4.69, 9.17) is 23.2 Å². The van der Waals surface area contributed by atoms with Crippen LogP contribution >= 0.6 is 23.2 Å². The molecular weight excluding hydrogens is 313 g/mol. The van der Waals surface area contributed by atoms with Gasteiger partial charge < -0.3 is 9.80 Å². The van der Waals surface area contributed by atoms with Crippen LogP contribution in [0.4, 0.5) is 0 Å². The molecule has 0 aromatic carbocycles. The molecule has 0 N–H and O–H groups in total. The Labute approximate surface area is 133 Å². The van der Waals surface area contributed by atoms with Crippen LogP contribution in [0, 0.1) is 5.92 Å². The first-order valence-electron chi connectivity index (χ1n) is 6.79. The van der Waals surface area contributed by atoms with Crippen LogP contribution in [0.3, 0.4) is 0 Å². The Morgan fingerprint density at radius 1 is 1.14 bits per heavy atom. The number of pyridine rings is 1. The molecule has 1 aromatic heterocycles. The van der Waals surface area contributed by atoms with E-state index in [0.717, 1.165) is 0 Å². The Morgan fingerprint density at radius 2 is 1.71 bits per heavy atom. The van der Waals surface area contributed by atoms with Crippen LogP contribution < -0.4 is 0 Å². The summed E-state index contributed by atoms with van der Waals surface area (Å²) >= 11 is 11.6. The maximum absolute atomic E-state index is 12.4. The van der Waals surface area contributed by atoms with Gasteiger partial charge in [-0.1, -0.05) is 37.0 Å². The number of amides is 2. The molecule has 114 valence electrons. The second kappa shape index (κ2) is 6.62. The first kappa shape index (κ1) is 16.0. The Kier molecular flexibility index (Phi) is 5.06. The van der Waals surface area contributed by atoms with Crippen molar-refractivity contribution >= 4 is 35.0 Å². The lowest BCUT2D eigenvalue weighted by atomic mass is 10.1. The van der Waals surface area contributed by atoms with Crippen molar-refractivity contribution in [3.05, 3.63) is 28.0 Å². The van der Waals surface area contributed by atoms with E-state index >= 15 is 0 Å². The predicted octanol–water partition coefficient (Wildman–Crippen LogP) is 2.33. The van der Waals surface area contributed by atoms with Crippen LogP contribution in [0.5, 0.6) is 0 Å². The van der Waals surface area contributed by atoms with Gasteiger partial charge in [0.15, 0.2) is 0 Å². The normalized spacial score (nSPS) is 15.5. The number of aromatic nitrogens is 1. The highest BCUT2D eigenvalue weighted by molar-refractivity contribution is 6.41. The molecule has 2 rings (SSSR count). The molecule has 21 heavy (non-hydrogen) atoms. The number of carbonyl (C=O) groups is 2. The SMILES string of the molecule is CC(C)C(=O)N1CCN(C(=O)c2cnc(Cl)c(Cl)c2)CC1. The quantitative estimate of drug-likeness (QED) is 0.782. The van der Waals surface area contributed by atoms with Gasteiger partial charge in [0.2, 0.25) is 5.91 Å². The number of carbonyl (C=O) groups excluding carboxylic acids is 2. The van der Waals surface area contributed by atoms with Gasteiger partial charge in [-0.15, -0.1) is 0 Å². The summed E-state index contributed by atoms with van der Waals surface area (Å²) in [6.07, 6.45) is 1.42. The number of nitrogens with zero attached hydrogens (tertiary/aromatic N) is 3. The zero-order chi connectivity index (χ0) is 15.6. The third-order valence-corrected chi connectivity index (χ3v) is 4.10. The summed E-state index contributed by atoms with van der Waals surface area (Å²) in [7, 11) is 0. The summed E-state index contributed by atoms with van der Waals surface area (Å²) in [6.45, 7) is 5.88. The van der Waals surface area contributed by atoms with Gasteiger partial charge in [-0.2, -0.15) is 0 Å². The van der Waals surface area contributed by atoms with Crippen molar-refractivity contribution in [2.45, 2.75) is 13.8 Å². The summed E-state index contributed by atoms with van der Waals surface area (Å²) < 4.78 is 0. The molecule has 0 aliphatic carbocycles. The van der Waals surface area contributed by atoms with Crippen molar-refractivity contribution in [2.75, 3.05) is 26.2 Å². The van der Waals surface area contributed by atoms with Crippen molar-refractivity contribution in [1.82, 2.24) is 14.8 Å². The molecule has 0 bridgehead atoms. The first-order valence-corrected chi connectivity index (χ1v) is 7.55. The summed E-state index contributed by atoms with van der Waals surface area (Å²) in [6, 6.07) is 1.52. The van der Waals surface area contributed by atoms with E-state index in [2.05, 4.69) is 4.98 Å². The number of hydrogen-bond acceptors (Lipinski definition) is 3. The fourth-order valence-corrected chi connectivity index (χ4v) is 2.49. The monoisotopic (exact) mass is 329 g/mol. The molecule has 1 fully saturated rings. The molecule has 1 saturated heterocycles. The zero-order valence-electron chi connectivity index (χ0n) is 12.0. The molecule has 1 aromatic rings. The second-order valence-corrected chi connectivity index (χ2v) is 6.03. The van der Waals surface area contributed by atoms with E-state index in [9.17, 15) is 9.59 Å². The average Bonchev–Trinajstić information content (AvgIpc) is 2.48. The van der Waals surface area contributed by atoms with Crippen molar-refractivity contribution in [1.29, 1.82) is 0 Å². The largest absolute Gasteiger partial charge is 0.339 e. The summed E-state index contributed by atoms with van der Waals surface area (Å²) in [5, 5.41) is 0.441. The van der Waals surface area contributed by atoms with Crippen molar-refractivity contribution in [3.63, 3.8) is 0 Å². The maximum atomic E-state index is 12.4. The molecule has 0 saturated carbocycles. The van der Waals surface area contributed by atoms with Crippen LogP contribution in [0.25, 0.3) is 0 Å². The van der Waals surface area contributed by atoms with Gasteiger partial charge in [-0.3, -0.25) is 9.59 Å². The highest BCUT2D eigenvalue weighted by Crippen LogP contribution is 2.21. The van der Waals surface area contributed by atoms with Crippen molar-refractivity contribution < 1.29 is 9.59 Å². The van der Waals surface area contributed by atoms with Gasteiger partial charge in [0.25, 0.3) is 5.91 Å². The van der Waals surface area contributed by atoms with Crippen LogP contribution in [0.1, 0.15) is 24.2 Å². The highest BCUT2D eigenvalue weighted by Gasteiger charge is 2.26. The summed E-state index contributed by atoms with van der Waals surface area (Å²) in [4.78, 5) is 31.6. The Morgan fingerprint density at radius 3 is 2.24 bits per heavy atom. The molecule has 0 spiro atoms. The van der Waals surface area contributed by atoms with E-state index in [0.29, 0.717) is 31.7 Å². The summed E-state index contributed by atoms with van der Waals surface area (Å²) in [5.41, 5.74) is 0.410. The number of rotatable bonds is 2. The van der Waals surface area contributed by atoms with Crippen LogP contribution in [0.2, 0.25) is 10.2 Å². The number of hydrogen-bond donors (Lipinski definition) is 0. The van der Waals surface area contributed by atoms with E-state index in [1.54, 1.807) is 9.80 Å². The third kappa shape index (κ3) is 3.66. The predicted molar refractivity (Wildman–Crippen MR) is 81.6 cm³/mol. The summed E-state index contributed by atoms with van der Waals surface area (Å²) in [5.74, 6) is -0.0393. The van der Waals surface area contributed by atoms with Crippen molar-refractivity contribution in [2.24, 2.45) is 5.92 Å². The Bertz CT molecular complexity index is 555. The molecular formula is C14H17Cl2N3O2. The standard InChI is InChI=1S/C14H17Cl2N3O2/c1-9(2)13(20)18-3-5-19(6-4-18)14(21)10-7-11(15)12(16)17-8-10/h7-9H,3-6H2,1-2H3. The average molecular weight is 330 g/mol. The van der Waals surface area contributed by atoms with Gasteiger partial charge in [-0.25, -0.2) is 4.98 Å². The van der Waals surface area contributed by atoms with Gasteiger partial charge in [-0.05, 0) is 6.07 Å². The van der Waals surface area contributed by atoms with Gasteiger partial charge in [0.05, 0.1) is 10.6 Å². The number of piperazine rings is 1. The van der Waals surface area contributed by atoms with Crippen molar-refractivity contribution in [3.8, 4) is 0 Å². The fraction of sp³-hybridized carbons (Fsp3) is 0.500. The lowest BCUT2D eigenvalue weighted by Gasteiger charge is -2.35. The van der Waals surface area contributed by atoms with Crippen LogP contribution in [0.15, 0.2) is 12.3 Å². The minimum absolute atomic E-state index is 0.0217. The molecule has 0 radical (unpaired) electrons. The zero-order valence-corrected chi connectivity index (χ0v) is 13.5. The van der Waals surface area contributed by atoms with E-state index in [1.165, 1.54) is 12.3 Å². The minimum atomic E-state index is -0.141. The van der Waals surface area contributed by atoms with Gasteiger partial charge in [0.1, 0.15) is 5.15 Å². The molecule has 1 aliphatic rings. The highest BCUT2D eigenvalue weighted by atomic mass is 35.5. The lowest BCUT2D eigenvalue weighted by molar-refractivity contribution is -0.135. The topological polar surface area (TPSA) is 53.5 Å². The second-order valence-electron chi connectivity index (χ2n) is 5.27. The lowest BCUT2D eigenvalue weighted by Crippen LogP contribution is -2.51. The fourth-order valence-electron chi connectivity index (χ4n) is 2.22. The molecule has 7 heteroatoms. The molecule has 0 unspecified atom stereocenters. The van der Waals surface area contributed by atoms with Crippen LogP contribution in [-0.2, 0) is 4.79 Å². The molecule has 2 amide bonds. The van der Waals surface area contributed by atoms with Crippen LogP contribution in [-0.4, -0.2) is 52.8 Å². The number of halogens is 2. The molecule has 2 heterocycles. The maximum Gasteiger partial charge on any atom is 0.255 e. The smallest absolute Gasteiger partial charge is 0.255 e. The van der Waals surface area contributed by atoms with E-state index in [-0.39, 0.29) is 27.9 Å². The van der Waals surface area contributed by atoms with E-state index in [1.807, 2.05) is 13.8 Å². The van der Waals surface area contributed by atoms with Gasteiger partial charge >= 0.3 is 0 Å². The molecule has 1 aliphatic heterocycles. The molecule has 0 atom stereocenters. The van der Waals surface area contributed by atoms with E-state index < -0.39 is 0 Å². The Balaban J connectivity index is 2.00. The Hall–Kier alpha value is -1.33. The first-order chi connectivity index (χ1) is 9.90. The third-order valence-electron chi connectivity index (χ3n) is 3.42. The molecule has 5 nitrogen and oxygen atoms in total.